The Labute approximate surface area is 95.3 Å². The second-order valence-electron chi connectivity index (χ2n) is 4.13. The molecule has 0 heterocycles. The van der Waals surface area contributed by atoms with E-state index < -0.39 is 5.97 Å². The summed E-state index contributed by atoms with van der Waals surface area (Å²) in [5.74, 6) is 6.01. The monoisotopic (exact) mass is 214 g/mol. The van der Waals surface area contributed by atoms with Gasteiger partial charge >= 0.3 is 5.97 Å². The van der Waals surface area contributed by atoms with E-state index in [1.165, 1.54) is 25.7 Å². The van der Waals surface area contributed by atoms with Gasteiger partial charge in [-0.15, -0.1) is 0 Å². The Bertz CT molecular complexity index is 428. The molecular formula is C14H14O2. The summed E-state index contributed by atoms with van der Waals surface area (Å²) in [5, 5.41) is 8.74. The molecule has 1 saturated carbocycles. The lowest BCUT2D eigenvalue weighted by Crippen LogP contribution is -1.95. The fourth-order valence-corrected chi connectivity index (χ4v) is 1.95. The second-order valence-corrected chi connectivity index (χ2v) is 4.13. The fraction of sp³-hybridized carbons (Fsp3) is 0.357. The Kier molecular flexibility index (Phi) is 3.26. The first kappa shape index (κ1) is 10.8. The Balaban J connectivity index is 2.06. The van der Waals surface area contributed by atoms with Crippen molar-refractivity contribution in [2.75, 3.05) is 0 Å². The van der Waals surface area contributed by atoms with Crippen LogP contribution < -0.4 is 0 Å². The highest BCUT2D eigenvalue weighted by Crippen LogP contribution is 2.23. The predicted molar refractivity (Wildman–Crippen MR) is 62.2 cm³/mol. The molecule has 0 saturated heterocycles. The molecule has 0 spiro atoms. The lowest BCUT2D eigenvalue weighted by atomic mass is 10.1. The minimum atomic E-state index is -0.893. The zero-order chi connectivity index (χ0) is 11.4. The molecule has 0 unspecified atom stereocenters. The summed E-state index contributed by atoms with van der Waals surface area (Å²) in [6.07, 6.45) is 5.00. The highest BCUT2D eigenvalue weighted by atomic mass is 16.4. The van der Waals surface area contributed by atoms with Crippen molar-refractivity contribution in [2.45, 2.75) is 25.7 Å². The second kappa shape index (κ2) is 4.85. The number of benzene rings is 1. The van der Waals surface area contributed by atoms with Gasteiger partial charge in [-0.25, -0.2) is 4.79 Å². The van der Waals surface area contributed by atoms with Crippen LogP contribution in [0, 0.1) is 17.8 Å². The first-order chi connectivity index (χ1) is 7.75. The third kappa shape index (κ3) is 2.64. The molecule has 2 nitrogen and oxygen atoms in total. The maximum absolute atomic E-state index is 10.6. The average molecular weight is 214 g/mol. The smallest absolute Gasteiger partial charge is 0.335 e. The topological polar surface area (TPSA) is 37.3 Å². The zero-order valence-electron chi connectivity index (χ0n) is 9.07. The summed E-state index contributed by atoms with van der Waals surface area (Å²) in [6, 6.07) is 6.73. The minimum Gasteiger partial charge on any atom is -0.478 e. The number of carboxylic acid groups (broad SMARTS) is 1. The molecule has 1 aliphatic carbocycles. The van der Waals surface area contributed by atoms with Gasteiger partial charge < -0.3 is 5.11 Å². The first-order valence-corrected chi connectivity index (χ1v) is 5.60. The number of hydrogen-bond acceptors (Lipinski definition) is 1. The fourth-order valence-electron chi connectivity index (χ4n) is 1.95. The van der Waals surface area contributed by atoms with Gasteiger partial charge in [0.05, 0.1) is 5.56 Å². The van der Waals surface area contributed by atoms with E-state index in [1.54, 1.807) is 24.3 Å². The van der Waals surface area contributed by atoms with Crippen molar-refractivity contribution in [1.82, 2.24) is 0 Å². The highest BCUT2D eigenvalue weighted by Gasteiger charge is 2.11. The molecule has 0 atom stereocenters. The van der Waals surface area contributed by atoms with E-state index in [0.717, 1.165) is 5.56 Å². The van der Waals surface area contributed by atoms with E-state index >= 15 is 0 Å². The Morgan fingerprint density at radius 2 is 1.81 bits per heavy atom. The van der Waals surface area contributed by atoms with Crippen molar-refractivity contribution in [2.24, 2.45) is 5.92 Å². The SMILES string of the molecule is O=C(O)c1ccc(C#CC2CCCC2)cc1. The maximum atomic E-state index is 10.6. The predicted octanol–water partition coefficient (Wildman–Crippen LogP) is 2.93. The molecule has 82 valence electrons. The third-order valence-electron chi connectivity index (χ3n) is 2.91. The van der Waals surface area contributed by atoms with Crippen LogP contribution in [-0.4, -0.2) is 11.1 Å². The molecule has 0 amide bonds. The molecular weight excluding hydrogens is 200 g/mol. The van der Waals surface area contributed by atoms with Gasteiger partial charge in [-0.3, -0.25) is 0 Å². The van der Waals surface area contributed by atoms with Crippen LogP contribution in [0.5, 0.6) is 0 Å². The van der Waals surface area contributed by atoms with Crippen molar-refractivity contribution >= 4 is 5.97 Å². The van der Waals surface area contributed by atoms with Gasteiger partial charge in [0.25, 0.3) is 0 Å². The Hall–Kier alpha value is -1.75. The van der Waals surface area contributed by atoms with Crippen LogP contribution in [-0.2, 0) is 0 Å². The van der Waals surface area contributed by atoms with Gasteiger partial charge in [0.1, 0.15) is 0 Å². The number of carboxylic acids is 1. The van der Waals surface area contributed by atoms with E-state index in [2.05, 4.69) is 11.8 Å². The first-order valence-electron chi connectivity index (χ1n) is 5.60. The van der Waals surface area contributed by atoms with E-state index in [4.69, 9.17) is 5.11 Å². The minimum absolute atomic E-state index is 0.311. The largest absolute Gasteiger partial charge is 0.478 e. The number of carbonyl (C=O) groups is 1. The van der Waals surface area contributed by atoms with Crippen LogP contribution in [0.2, 0.25) is 0 Å². The van der Waals surface area contributed by atoms with E-state index in [9.17, 15) is 4.79 Å². The van der Waals surface area contributed by atoms with Gasteiger partial charge in [0.15, 0.2) is 0 Å². The summed E-state index contributed by atoms with van der Waals surface area (Å²) in [7, 11) is 0. The van der Waals surface area contributed by atoms with Crippen molar-refractivity contribution in [3.05, 3.63) is 35.4 Å². The summed E-state index contributed by atoms with van der Waals surface area (Å²) in [5.41, 5.74) is 1.21. The summed E-state index contributed by atoms with van der Waals surface area (Å²) in [6.45, 7) is 0. The van der Waals surface area contributed by atoms with E-state index in [-0.39, 0.29) is 0 Å². The average Bonchev–Trinajstić information content (AvgIpc) is 2.80. The standard InChI is InChI=1S/C14H14O2/c15-14(16)13-9-7-12(8-10-13)6-5-11-3-1-2-4-11/h7-11H,1-4H2,(H,15,16). The van der Waals surface area contributed by atoms with Gasteiger partial charge in [-0.2, -0.15) is 0 Å². The van der Waals surface area contributed by atoms with Crippen LogP contribution in [0.3, 0.4) is 0 Å². The van der Waals surface area contributed by atoms with E-state index in [1.807, 2.05) is 0 Å². The van der Waals surface area contributed by atoms with Crippen molar-refractivity contribution in [3.8, 4) is 11.8 Å². The quantitative estimate of drug-likeness (QED) is 0.730. The molecule has 1 aliphatic rings. The lowest BCUT2D eigenvalue weighted by Gasteiger charge is -1.96. The van der Waals surface area contributed by atoms with Gasteiger partial charge in [-0.05, 0) is 37.1 Å². The lowest BCUT2D eigenvalue weighted by molar-refractivity contribution is 0.0697. The van der Waals surface area contributed by atoms with Crippen LogP contribution >= 0.6 is 0 Å². The van der Waals surface area contributed by atoms with Crippen molar-refractivity contribution in [1.29, 1.82) is 0 Å². The molecule has 0 aliphatic heterocycles. The van der Waals surface area contributed by atoms with E-state index in [0.29, 0.717) is 11.5 Å². The van der Waals surface area contributed by atoms with Gasteiger partial charge in [-0.1, -0.05) is 24.7 Å². The molecule has 1 aromatic rings. The van der Waals surface area contributed by atoms with Gasteiger partial charge in [0.2, 0.25) is 0 Å². The summed E-state index contributed by atoms with van der Waals surface area (Å²) >= 11 is 0. The summed E-state index contributed by atoms with van der Waals surface area (Å²) in [4.78, 5) is 10.6. The number of aromatic carboxylic acids is 1. The molecule has 1 N–H and O–H groups in total. The third-order valence-corrected chi connectivity index (χ3v) is 2.91. The molecule has 2 rings (SSSR count). The maximum Gasteiger partial charge on any atom is 0.335 e. The van der Waals surface area contributed by atoms with Crippen LogP contribution in [0.1, 0.15) is 41.6 Å². The Morgan fingerprint density at radius 1 is 1.19 bits per heavy atom. The van der Waals surface area contributed by atoms with Crippen LogP contribution in [0.15, 0.2) is 24.3 Å². The molecule has 0 aromatic heterocycles. The molecule has 0 bridgehead atoms. The molecule has 2 heteroatoms. The molecule has 1 fully saturated rings. The zero-order valence-corrected chi connectivity index (χ0v) is 9.07. The molecule has 0 radical (unpaired) electrons. The van der Waals surface area contributed by atoms with Crippen molar-refractivity contribution in [3.63, 3.8) is 0 Å². The molecule has 16 heavy (non-hydrogen) atoms. The summed E-state index contributed by atoms with van der Waals surface area (Å²) < 4.78 is 0. The van der Waals surface area contributed by atoms with Crippen LogP contribution in [0.25, 0.3) is 0 Å². The molecule has 1 aromatic carbocycles. The van der Waals surface area contributed by atoms with Gasteiger partial charge in [0, 0.05) is 11.5 Å². The highest BCUT2D eigenvalue weighted by molar-refractivity contribution is 5.87. The number of hydrogen-bond donors (Lipinski definition) is 1. The Morgan fingerprint density at radius 3 is 2.38 bits per heavy atom. The normalized spacial score (nSPS) is 15.5. The van der Waals surface area contributed by atoms with Crippen LogP contribution in [0.4, 0.5) is 0 Å². The number of rotatable bonds is 1. The van der Waals surface area contributed by atoms with Crippen molar-refractivity contribution < 1.29 is 9.90 Å².